The molecule has 2 heteroatoms. The summed E-state index contributed by atoms with van der Waals surface area (Å²) < 4.78 is 0. The molecule has 2 unspecified atom stereocenters. The molecule has 0 saturated carbocycles. The van der Waals surface area contributed by atoms with Crippen LogP contribution in [0.25, 0.3) is 0 Å². The van der Waals surface area contributed by atoms with Crippen LogP contribution >= 0.6 is 0 Å². The molecule has 0 amide bonds. The van der Waals surface area contributed by atoms with E-state index in [0.29, 0.717) is 0 Å². The Balaban J connectivity index is 1.99. The summed E-state index contributed by atoms with van der Waals surface area (Å²) in [5.74, 6) is 0. The maximum absolute atomic E-state index is 3.61. The van der Waals surface area contributed by atoms with Gasteiger partial charge in [0.15, 0.2) is 0 Å². The van der Waals surface area contributed by atoms with Crippen molar-refractivity contribution in [3.63, 3.8) is 0 Å². The molecule has 2 fully saturated rings. The number of nitrogens with zero attached hydrogens (tertiary/aromatic N) is 1. The molecule has 2 rings (SSSR count). The zero-order valence-corrected chi connectivity index (χ0v) is 7.34. The van der Waals surface area contributed by atoms with E-state index in [2.05, 4.69) is 17.3 Å². The summed E-state index contributed by atoms with van der Waals surface area (Å²) in [6.07, 6.45) is 5.55. The number of hydrogen-bond acceptors (Lipinski definition) is 2. The fourth-order valence-electron chi connectivity index (χ4n) is 2.48. The van der Waals surface area contributed by atoms with E-state index in [0.717, 1.165) is 12.1 Å². The standard InChI is InChI=1S/C9H18N2/c1-11-7-3-4-8-9(11)5-2-6-10-8/h8-10H,2-7H2,1H3. The van der Waals surface area contributed by atoms with Crippen LogP contribution in [0.1, 0.15) is 25.7 Å². The summed E-state index contributed by atoms with van der Waals surface area (Å²) in [7, 11) is 2.27. The molecule has 0 spiro atoms. The first-order chi connectivity index (χ1) is 5.38. The van der Waals surface area contributed by atoms with Crippen LogP contribution in [0.15, 0.2) is 0 Å². The van der Waals surface area contributed by atoms with Crippen LogP contribution in [0, 0.1) is 0 Å². The lowest BCUT2D eigenvalue weighted by molar-refractivity contribution is 0.113. The van der Waals surface area contributed by atoms with E-state index in [1.54, 1.807) is 0 Å². The second-order valence-electron chi connectivity index (χ2n) is 3.89. The lowest BCUT2D eigenvalue weighted by Crippen LogP contribution is -2.55. The first-order valence-electron chi connectivity index (χ1n) is 4.81. The van der Waals surface area contributed by atoms with Gasteiger partial charge in [-0.1, -0.05) is 0 Å². The Morgan fingerprint density at radius 2 is 2.18 bits per heavy atom. The molecule has 0 aromatic carbocycles. The van der Waals surface area contributed by atoms with Crippen LogP contribution in [0.2, 0.25) is 0 Å². The van der Waals surface area contributed by atoms with Crippen LogP contribution in [0.5, 0.6) is 0 Å². The van der Waals surface area contributed by atoms with Crippen LogP contribution in [-0.4, -0.2) is 37.1 Å². The Kier molecular flexibility index (Phi) is 2.14. The molecule has 2 aliphatic heterocycles. The molecule has 11 heavy (non-hydrogen) atoms. The van der Waals surface area contributed by atoms with Crippen LogP contribution in [0.3, 0.4) is 0 Å². The van der Waals surface area contributed by atoms with E-state index >= 15 is 0 Å². The van der Waals surface area contributed by atoms with Crippen molar-refractivity contribution in [1.29, 1.82) is 0 Å². The van der Waals surface area contributed by atoms with Crippen molar-refractivity contribution in [2.45, 2.75) is 37.8 Å². The number of likely N-dealkylation sites (tertiary alicyclic amines) is 1. The minimum Gasteiger partial charge on any atom is -0.312 e. The van der Waals surface area contributed by atoms with Gasteiger partial charge in [-0.25, -0.2) is 0 Å². The topological polar surface area (TPSA) is 15.3 Å². The number of piperidine rings is 2. The summed E-state index contributed by atoms with van der Waals surface area (Å²) in [4.78, 5) is 2.53. The van der Waals surface area contributed by atoms with Crippen LogP contribution in [-0.2, 0) is 0 Å². The van der Waals surface area contributed by atoms with E-state index in [1.807, 2.05) is 0 Å². The second-order valence-corrected chi connectivity index (χ2v) is 3.89. The largest absolute Gasteiger partial charge is 0.312 e. The average molecular weight is 154 g/mol. The maximum Gasteiger partial charge on any atom is 0.0246 e. The van der Waals surface area contributed by atoms with Crippen molar-refractivity contribution in [1.82, 2.24) is 10.2 Å². The Hall–Kier alpha value is -0.0800. The minimum atomic E-state index is 0.808. The molecular formula is C9H18N2. The molecule has 0 aromatic heterocycles. The number of nitrogens with one attached hydrogen (secondary N) is 1. The van der Waals surface area contributed by atoms with Crippen molar-refractivity contribution in [3.8, 4) is 0 Å². The Bertz CT molecular complexity index is 134. The van der Waals surface area contributed by atoms with E-state index in [1.165, 1.54) is 38.8 Å². The molecule has 2 saturated heterocycles. The molecule has 2 atom stereocenters. The predicted octanol–water partition coefficient (Wildman–Crippen LogP) is 0.833. The molecule has 2 nitrogen and oxygen atoms in total. The minimum absolute atomic E-state index is 0.808. The highest BCUT2D eigenvalue weighted by atomic mass is 15.2. The van der Waals surface area contributed by atoms with Crippen LogP contribution in [0.4, 0.5) is 0 Å². The SMILES string of the molecule is CN1CCCC2NCCCC21. The molecule has 0 aromatic rings. The van der Waals surface area contributed by atoms with Crippen molar-refractivity contribution in [3.05, 3.63) is 0 Å². The molecule has 0 radical (unpaired) electrons. The normalized spacial score (nSPS) is 40.1. The van der Waals surface area contributed by atoms with Gasteiger partial charge in [0.1, 0.15) is 0 Å². The van der Waals surface area contributed by atoms with E-state index in [4.69, 9.17) is 0 Å². The zero-order valence-electron chi connectivity index (χ0n) is 7.34. The van der Waals surface area contributed by atoms with Gasteiger partial charge in [0.2, 0.25) is 0 Å². The fourth-order valence-corrected chi connectivity index (χ4v) is 2.48. The lowest BCUT2D eigenvalue weighted by Gasteiger charge is -2.42. The number of hydrogen-bond donors (Lipinski definition) is 1. The highest BCUT2D eigenvalue weighted by molar-refractivity contribution is 4.90. The van der Waals surface area contributed by atoms with Gasteiger partial charge in [0.25, 0.3) is 0 Å². The molecule has 64 valence electrons. The Morgan fingerprint density at radius 3 is 3.00 bits per heavy atom. The third kappa shape index (κ3) is 1.42. The highest BCUT2D eigenvalue weighted by Crippen LogP contribution is 2.22. The molecular weight excluding hydrogens is 136 g/mol. The highest BCUT2D eigenvalue weighted by Gasteiger charge is 2.30. The molecule has 0 bridgehead atoms. The van der Waals surface area contributed by atoms with Gasteiger partial charge < -0.3 is 10.2 Å². The monoisotopic (exact) mass is 154 g/mol. The van der Waals surface area contributed by atoms with Crippen LogP contribution < -0.4 is 5.32 Å². The quantitative estimate of drug-likeness (QED) is 0.556. The average Bonchev–Trinajstić information content (AvgIpc) is 2.06. The Morgan fingerprint density at radius 1 is 1.27 bits per heavy atom. The molecule has 0 aliphatic carbocycles. The molecule has 2 aliphatic rings. The van der Waals surface area contributed by atoms with Gasteiger partial charge >= 0.3 is 0 Å². The van der Waals surface area contributed by atoms with Gasteiger partial charge in [-0.3, -0.25) is 0 Å². The summed E-state index contributed by atoms with van der Waals surface area (Å²) in [6.45, 7) is 2.55. The van der Waals surface area contributed by atoms with E-state index in [9.17, 15) is 0 Å². The van der Waals surface area contributed by atoms with Gasteiger partial charge in [0.05, 0.1) is 0 Å². The molecule has 1 N–H and O–H groups in total. The smallest absolute Gasteiger partial charge is 0.0246 e. The fraction of sp³-hybridized carbons (Fsp3) is 1.00. The van der Waals surface area contributed by atoms with Crippen molar-refractivity contribution < 1.29 is 0 Å². The van der Waals surface area contributed by atoms with E-state index in [-0.39, 0.29) is 0 Å². The first-order valence-corrected chi connectivity index (χ1v) is 4.81. The third-order valence-electron chi connectivity index (χ3n) is 3.14. The second kappa shape index (κ2) is 3.11. The zero-order chi connectivity index (χ0) is 7.68. The van der Waals surface area contributed by atoms with Gasteiger partial charge in [-0.15, -0.1) is 0 Å². The third-order valence-corrected chi connectivity index (χ3v) is 3.14. The number of likely N-dealkylation sites (N-methyl/N-ethyl adjacent to an activating group) is 1. The van der Waals surface area contributed by atoms with Crippen molar-refractivity contribution >= 4 is 0 Å². The van der Waals surface area contributed by atoms with Gasteiger partial charge in [-0.05, 0) is 45.8 Å². The number of fused-ring (bicyclic) bond motifs is 1. The van der Waals surface area contributed by atoms with Crippen molar-refractivity contribution in [2.24, 2.45) is 0 Å². The maximum atomic E-state index is 3.61. The summed E-state index contributed by atoms with van der Waals surface area (Å²) in [5.41, 5.74) is 0. The Labute approximate surface area is 69.0 Å². The van der Waals surface area contributed by atoms with E-state index < -0.39 is 0 Å². The summed E-state index contributed by atoms with van der Waals surface area (Å²) >= 11 is 0. The predicted molar refractivity (Wildman–Crippen MR) is 46.7 cm³/mol. The lowest BCUT2D eigenvalue weighted by atomic mass is 9.90. The van der Waals surface area contributed by atoms with Gasteiger partial charge in [-0.2, -0.15) is 0 Å². The summed E-state index contributed by atoms with van der Waals surface area (Å²) in [6, 6.07) is 1.65. The molecule has 2 heterocycles. The summed E-state index contributed by atoms with van der Waals surface area (Å²) in [5, 5.41) is 3.61. The first kappa shape index (κ1) is 7.56. The van der Waals surface area contributed by atoms with Gasteiger partial charge in [0, 0.05) is 12.1 Å². The number of rotatable bonds is 0. The van der Waals surface area contributed by atoms with Crippen molar-refractivity contribution in [2.75, 3.05) is 20.1 Å².